The first-order chi connectivity index (χ1) is 7.04. The quantitative estimate of drug-likeness (QED) is 0.820. The van der Waals surface area contributed by atoms with E-state index in [0.29, 0.717) is 12.0 Å². The number of likely N-dealkylation sites (N-methyl/N-ethyl adjacent to an activating group) is 1. The van der Waals surface area contributed by atoms with E-state index >= 15 is 0 Å². The molecule has 1 aromatic rings. The lowest BCUT2D eigenvalue weighted by atomic mass is 10.0. The number of hydrogen-bond donors (Lipinski definition) is 1. The van der Waals surface area contributed by atoms with Crippen LogP contribution >= 0.6 is 0 Å². The average Bonchev–Trinajstić information content (AvgIpc) is 2.19. The van der Waals surface area contributed by atoms with Gasteiger partial charge in [-0.05, 0) is 44.5 Å². The van der Waals surface area contributed by atoms with Crippen LogP contribution < -0.4 is 5.32 Å². The lowest BCUT2D eigenvalue weighted by molar-refractivity contribution is -0.118. The van der Waals surface area contributed by atoms with Gasteiger partial charge >= 0.3 is 0 Å². The Morgan fingerprint density at radius 2 is 2.20 bits per heavy atom. The van der Waals surface area contributed by atoms with Crippen LogP contribution in [0.3, 0.4) is 0 Å². The van der Waals surface area contributed by atoms with Crippen LogP contribution in [-0.4, -0.2) is 18.9 Å². The van der Waals surface area contributed by atoms with E-state index in [9.17, 15) is 9.18 Å². The Labute approximate surface area is 89.5 Å². The van der Waals surface area contributed by atoms with Crippen molar-refractivity contribution in [1.29, 1.82) is 0 Å². The Morgan fingerprint density at radius 3 is 2.67 bits per heavy atom. The Morgan fingerprint density at radius 1 is 1.53 bits per heavy atom. The van der Waals surface area contributed by atoms with Crippen molar-refractivity contribution < 1.29 is 9.18 Å². The molecule has 1 atom stereocenters. The molecular formula is C12H16FNO. The summed E-state index contributed by atoms with van der Waals surface area (Å²) in [6.07, 6.45) is 0.604. The molecule has 1 aromatic carbocycles. The first-order valence-corrected chi connectivity index (χ1v) is 4.97. The summed E-state index contributed by atoms with van der Waals surface area (Å²) in [7, 11) is 1.75. The van der Waals surface area contributed by atoms with E-state index in [4.69, 9.17) is 0 Å². The van der Waals surface area contributed by atoms with E-state index in [2.05, 4.69) is 5.32 Å². The fraction of sp³-hybridized carbons (Fsp3) is 0.417. The second kappa shape index (κ2) is 5.03. The zero-order valence-corrected chi connectivity index (χ0v) is 9.30. The summed E-state index contributed by atoms with van der Waals surface area (Å²) in [6, 6.07) is 4.75. The van der Waals surface area contributed by atoms with Gasteiger partial charge in [-0.25, -0.2) is 4.39 Å². The van der Waals surface area contributed by atoms with Crippen LogP contribution in [0.15, 0.2) is 18.2 Å². The molecule has 1 rings (SSSR count). The van der Waals surface area contributed by atoms with Crippen LogP contribution in [0.5, 0.6) is 0 Å². The number of aryl methyl sites for hydroxylation is 1. The number of benzene rings is 1. The SMILES string of the molecule is CN[C@@H](Cc1ccc(F)c(C)c1)C(C)=O. The van der Waals surface area contributed by atoms with E-state index in [1.165, 1.54) is 6.07 Å². The minimum Gasteiger partial charge on any atom is -0.310 e. The molecule has 0 amide bonds. The molecule has 0 aliphatic rings. The molecule has 0 spiro atoms. The van der Waals surface area contributed by atoms with Crippen LogP contribution in [-0.2, 0) is 11.2 Å². The lowest BCUT2D eigenvalue weighted by Gasteiger charge is -2.12. The molecule has 1 N–H and O–H groups in total. The number of carbonyl (C=O) groups is 1. The van der Waals surface area contributed by atoms with Crippen molar-refractivity contribution in [2.24, 2.45) is 0 Å². The lowest BCUT2D eigenvalue weighted by Crippen LogP contribution is -2.34. The van der Waals surface area contributed by atoms with Crippen LogP contribution in [0.2, 0.25) is 0 Å². The van der Waals surface area contributed by atoms with Crippen LogP contribution in [0.1, 0.15) is 18.1 Å². The highest BCUT2D eigenvalue weighted by Gasteiger charge is 2.12. The molecule has 0 bridgehead atoms. The van der Waals surface area contributed by atoms with Gasteiger partial charge < -0.3 is 5.32 Å². The number of ketones is 1. The van der Waals surface area contributed by atoms with Gasteiger partial charge in [-0.3, -0.25) is 4.79 Å². The second-order valence-corrected chi connectivity index (χ2v) is 3.74. The van der Waals surface area contributed by atoms with Crippen molar-refractivity contribution in [3.05, 3.63) is 35.1 Å². The standard InChI is InChI=1S/C12H16FNO/c1-8-6-10(4-5-11(8)13)7-12(14-3)9(2)15/h4-6,12,14H,7H2,1-3H3/t12-/m0/s1. The van der Waals surface area contributed by atoms with E-state index in [-0.39, 0.29) is 17.6 Å². The fourth-order valence-corrected chi connectivity index (χ4v) is 1.52. The van der Waals surface area contributed by atoms with Crippen molar-refractivity contribution >= 4 is 5.78 Å². The van der Waals surface area contributed by atoms with Crippen LogP contribution in [0.4, 0.5) is 4.39 Å². The molecule has 2 nitrogen and oxygen atoms in total. The predicted molar refractivity (Wildman–Crippen MR) is 58.4 cm³/mol. The minimum absolute atomic E-state index is 0.0967. The van der Waals surface area contributed by atoms with E-state index in [0.717, 1.165) is 5.56 Å². The highest BCUT2D eigenvalue weighted by atomic mass is 19.1. The topological polar surface area (TPSA) is 29.1 Å². The van der Waals surface area contributed by atoms with E-state index in [1.807, 2.05) is 0 Å². The van der Waals surface area contributed by atoms with Gasteiger partial charge in [-0.1, -0.05) is 12.1 Å². The summed E-state index contributed by atoms with van der Waals surface area (Å²) in [5.74, 6) is -0.109. The molecule has 0 saturated heterocycles. The third-order valence-electron chi connectivity index (χ3n) is 2.50. The largest absolute Gasteiger partial charge is 0.310 e. The average molecular weight is 209 g/mol. The molecule has 82 valence electrons. The number of rotatable bonds is 4. The second-order valence-electron chi connectivity index (χ2n) is 3.74. The fourth-order valence-electron chi connectivity index (χ4n) is 1.52. The minimum atomic E-state index is -0.206. The summed E-state index contributed by atoms with van der Waals surface area (Å²) in [5.41, 5.74) is 1.59. The number of halogens is 1. The smallest absolute Gasteiger partial charge is 0.147 e. The van der Waals surface area contributed by atoms with Gasteiger partial charge in [0.2, 0.25) is 0 Å². The molecule has 0 unspecified atom stereocenters. The van der Waals surface area contributed by atoms with Crippen molar-refractivity contribution in [1.82, 2.24) is 5.32 Å². The first kappa shape index (κ1) is 11.9. The Hall–Kier alpha value is -1.22. The van der Waals surface area contributed by atoms with Crippen molar-refractivity contribution in [3.8, 4) is 0 Å². The molecular weight excluding hydrogens is 193 g/mol. The van der Waals surface area contributed by atoms with Crippen molar-refractivity contribution in [2.75, 3.05) is 7.05 Å². The number of carbonyl (C=O) groups excluding carboxylic acids is 1. The van der Waals surface area contributed by atoms with Crippen LogP contribution in [0.25, 0.3) is 0 Å². The maximum atomic E-state index is 13.0. The zero-order valence-electron chi connectivity index (χ0n) is 9.30. The van der Waals surface area contributed by atoms with Crippen LogP contribution in [0, 0.1) is 12.7 Å². The highest BCUT2D eigenvalue weighted by molar-refractivity contribution is 5.81. The van der Waals surface area contributed by atoms with Gasteiger partial charge in [0.05, 0.1) is 6.04 Å². The normalized spacial score (nSPS) is 12.5. The highest BCUT2D eigenvalue weighted by Crippen LogP contribution is 2.11. The summed E-state index contributed by atoms with van der Waals surface area (Å²) in [5, 5.41) is 2.94. The number of nitrogens with one attached hydrogen (secondary N) is 1. The van der Waals surface area contributed by atoms with Gasteiger partial charge in [0, 0.05) is 0 Å². The number of hydrogen-bond acceptors (Lipinski definition) is 2. The van der Waals surface area contributed by atoms with Crippen molar-refractivity contribution in [3.63, 3.8) is 0 Å². The molecule has 0 aliphatic heterocycles. The van der Waals surface area contributed by atoms with Gasteiger partial charge in [-0.15, -0.1) is 0 Å². The van der Waals surface area contributed by atoms with E-state index < -0.39 is 0 Å². The van der Waals surface area contributed by atoms with Gasteiger partial charge in [-0.2, -0.15) is 0 Å². The summed E-state index contributed by atoms with van der Waals surface area (Å²) < 4.78 is 13.0. The first-order valence-electron chi connectivity index (χ1n) is 4.97. The summed E-state index contributed by atoms with van der Waals surface area (Å²) in [6.45, 7) is 3.28. The molecule has 0 saturated carbocycles. The molecule has 15 heavy (non-hydrogen) atoms. The Kier molecular flexibility index (Phi) is 3.97. The van der Waals surface area contributed by atoms with E-state index in [1.54, 1.807) is 33.0 Å². The Bertz CT molecular complexity index is 363. The molecule has 0 heterocycles. The molecule has 0 aromatic heterocycles. The molecule has 0 aliphatic carbocycles. The molecule has 3 heteroatoms. The number of Topliss-reactive ketones (excluding diaryl/α,β-unsaturated/α-hetero) is 1. The zero-order chi connectivity index (χ0) is 11.4. The molecule has 0 radical (unpaired) electrons. The van der Waals surface area contributed by atoms with Gasteiger partial charge in [0.1, 0.15) is 11.6 Å². The van der Waals surface area contributed by atoms with Crippen molar-refractivity contribution in [2.45, 2.75) is 26.3 Å². The van der Waals surface area contributed by atoms with Gasteiger partial charge in [0.15, 0.2) is 0 Å². The summed E-state index contributed by atoms with van der Waals surface area (Å²) >= 11 is 0. The maximum absolute atomic E-state index is 13.0. The monoisotopic (exact) mass is 209 g/mol. The third kappa shape index (κ3) is 3.13. The van der Waals surface area contributed by atoms with Gasteiger partial charge in [0.25, 0.3) is 0 Å². The molecule has 0 fully saturated rings. The predicted octanol–water partition coefficient (Wildman–Crippen LogP) is 1.85. The Balaban J connectivity index is 2.80. The third-order valence-corrected chi connectivity index (χ3v) is 2.50. The summed E-state index contributed by atoms with van der Waals surface area (Å²) in [4.78, 5) is 11.2. The maximum Gasteiger partial charge on any atom is 0.147 e.